The van der Waals surface area contributed by atoms with Crippen LogP contribution in [0, 0.1) is 11.8 Å². The van der Waals surface area contributed by atoms with Crippen molar-refractivity contribution < 1.29 is 5.11 Å². The maximum atomic E-state index is 9.52. The summed E-state index contributed by atoms with van der Waals surface area (Å²) in [5, 5.41) is 9.52. The molecular weight excluding hydrogens is 168 g/mol. The Morgan fingerprint density at radius 2 is 1.92 bits per heavy atom. The van der Waals surface area contributed by atoms with E-state index in [1.165, 1.54) is 32.1 Å². The van der Waals surface area contributed by atoms with Gasteiger partial charge in [-0.2, -0.15) is 12.6 Å². The van der Waals surface area contributed by atoms with Crippen LogP contribution in [-0.4, -0.2) is 17.0 Å². The molecule has 0 amide bonds. The highest BCUT2D eigenvalue weighted by Crippen LogP contribution is 2.32. The average molecular weight is 188 g/mol. The minimum absolute atomic E-state index is 0.175. The van der Waals surface area contributed by atoms with E-state index in [-0.39, 0.29) is 6.10 Å². The van der Waals surface area contributed by atoms with E-state index >= 15 is 0 Å². The molecule has 72 valence electrons. The summed E-state index contributed by atoms with van der Waals surface area (Å²) in [5.41, 5.74) is 0. The molecule has 1 aliphatic rings. The van der Waals surface area contributed by atoms with E-state index in [0.29, 0.717) is 5.92 Å². The van der Waals surface area contributed by atoms with Crippen LogP contribution in [-0.2, 0) is 0 Å². The number of aliphatic hydroxyl groups excluding tert-OH is 1. The number of rotatable bonds is 3. The lowest BCUT2D eigenvalue weighted by molar-refractivity contribution is 0.0865. The fourth-order valence-corrected chi connectivity index (χ4v) is 2.86. The second-order valence-electron chi connectivity index (χ2n) is 3.99. The zero-order valence-electron chi connectivity index (χ0n) is 7.87. The van der Waals surface area contributed by atoms with E-state index in [9.17, 15) is 5.11 Å². The third-order valence-electron chi connectivity index (χ3n) is 3.09. The number of hydrogen-bond acceptors (Lipinski definition) is 2. The van der Waals surface area contributed by atoms with Gasteiger partial charge < -0.3 is 5.11 Å². The van der Waals surface area contributed by atoms with Gasteiger partial charge in [0, 0.05) is 0 Å². The van der Waals surface area contributed by atoms with Gasteiger partial charge in [-0.05, 0) is 24.5 Å². The molecule has 12 heavy (non-hydrogen) atoms. The lowest BCUT2D eigenvalue weighted by Gasteiger charge is -2.31. The zero-order chi connectivity index (χ0) is 8.97. The molecule has 0 aromatic carbocycles. The van der Waals surface area contributed by atoms with Crippen LogP contribution in [0.25, 0.3) is 0 Å². The van der Waals surface area contributed by atoms with E-state index in [0.717, 1.165) is 11.7 Å². The third-order valence-corrected chi connectivity index (χ3v) is 3.51. The van der Waals surface area contributed by atoms with Gasteiger partial charge in [-0.15, -0.1) is 0 Å². The van der Waals surface area contributed by atoms with E-state index in [2.05, 4.69) is 12.6 Å². The van der Waals surface area contributed by atoms with Crippen molar-refractivity contribution in [2.45, 2.75) is 45.1 Å². The summed E-state index contributed by atoms with van der Waals surface area (Å²) < 4.78 is 0. The first kappa shape index (κ1) is 10.4. The van der Waals surface area contributed by atoms with Crippen molar-refractivity contribution in [3.63, 3.8) is 0 Å². The van der Waals surface area contributed by atoms with E-state index in [4.69, 9.17) is 0 Å². The Kier molecular flexibility index (Phi) is 4.44. The number of hydrogen-bond donors (Lipinski definition) is 2. The maximum absolute atomic E-state index is 9.52. The van der Waals surface area contributed by atoms with E-state index < -0.39 is 0 Å². The second-order valence-corrected chi connectivity index (χ2v) is 4.35. The molecule has 0 aromatic rings. The molecule has 0 saturated heterocycles. The zero-order valence-corrected chi connectivity index (χ0v) is 8.76. The third kappa shape index (κ3) is 2.67. The summed E-state index contributed by atoms with van der Waals surface area (Å²) >= 11 is 4.31. The fourth-order valence-electron chi connectivity index (χ4n) is 2.26. The second kappa shape index (κ2) is 5.13. The van der Waals surface area contributed by atoms with E-state index in [1.54, 1.807) is 0 Å². The fraction of sp³-hybridized carbons (Fsp3) is 1.00. The van der Waals surface area contributed by atoms with Crippen molar-refractivity contribution in [3.05, 3.63) is 0 Å². The molecule has 0 bridgehead atoms. The minimum Gasteiger partial charge on any atom is -0.393 e. The molecule has 0 aliphatic heterocycles. The van der Waals surface area contributed by atoms with Crippen LogP contribution in [0.1, 0.15) is 39.0 Å². The monoisotopic (exact) mass is 188 g/mol. The Morgan fingerprint density at radius 1 is 1.33 bits per heavy atom. The van der Waals surface area contributed by atoms with Gasteiger partial charge in [-0.25, -0.2) is 0 Å². The van der Waals surface area contributed by atoms with Crippen LogP contribution < -0.4 is 0 Å². The quantitative estimate of drug-likeness (QED) is 0.652. The van der Waals surface area contributed by atoms with Crippen LogP contribution in [0.3, 0.4) is 0 Å². The molecule has 0 aromatic heterocycles. The number of thiol groups is 1. The van der Waals surface area contributed by atoms with Gasteiger partial charge in [-0.1, -0.05) is 32.1 Å². The van der Waals surface area contributed by atoms with Crippen molar-refractivity contribution in [1.82, 2.24) is 0 Å². The molecule has 1 saturated carbocycles. The summed E-state index contributed by atoms with van der Waals surface area (Å²) in [7, 11) is 0. The number of aliphatic hydroxyl groups is 1. The molecule has 1 nitrogen and oxygen atoms in total. The molecule has 1 fully saturated rings. The van der Waals surface area contributed by atoms with Crippen LogP contribution >= 0.6 is 12.6 Å². The molecule has 0 spiro atoms. The molecule has 1 aliphatic carbocycles. The van der Waals surface area contributed by atoms with Gasteiger partial charge in [0.15, 0.2) is 0 Å². The van der Waals surface area contributed by atoms with Crippen LogP contribution in [0.15, 0.2) is 0 Å². The van der Waals surface area contributed by atoms with Gasteiger partial charge in [0.1, 0.15) is 0 Å². The summed E-state index contributed by atoms with van der Waals surface area (Å²) in [4.78, 5) is 0. The highest BCUT2D eigenvalue weighted by molar-refractivity contribution is 7.80. The van der Waals surface area contributed by atoms with Gasteiger partial charge in [0.05, 0.1) is 6.10 Å². The van der Waals surface area contributed by atoms with E-state index in [1.807, 2.05) is 6.92 Å². The largest absolute Gasteiger partial charge is 0.393 e. The SMILES string of the molecule is CC(O)C(CS)C1CCCCC1. The molecule has 1 N–H and O–H groups in total. The topological polar surface area (TPSA) is 20.2 Å². The highest BCUT2D eigenvalue weighted by Gasteiger charge is 2.25. The Bertz CT molecular complexity index is 119. The van der Waals surface area contributed by atoms with Crippen molar-refractivity contribution >= 4 is 12.6 Å². The van der Waals surface area contributed by atoms with Crippen LogP contribution in [0.4, 0.5) is 0 Å². The Hall–Kier alpha value is 0.310. The molecule has 1 rings (SSSR count). The first-order valence-electron chi connectivity index (χ1n) is 5.04. The first-order chi connectivity index (χ1) is 5.75. The highest BCUT2D eigenvalue weighted by atomic mass is 32.1. The normalized spacial score (nSPS) is 25.2. The summed E-state index contributed by atoms with van der Waals surface area (Å²) in [5.74, 6) is 1.99. The first-order valence-corrected chi connectivity index (χ1v) is 5.68. The van der Waals surface area contributed by atoms with Crippen molar-refractivity contribution in [2.24, 2.45) is 11.8 Å². The van der Waals surface area contributed by atoms with Gasteiger partial charge in [0.25, 0.3) is 0 Å². The van der Waals surface area contributed by atoms with Crippen molar-refractivity contribution in [3.8, 4) is 0 Å². The lowest BCUT2D eigenvalue weighted by atomic mass is 9.79. The Labute approximate surface area is 81.0 Å². The molecule has 0 radical (unpaired) electrons. The van der Waals surface area contributed by atoms with Gasteiger partial charge in [-0.3, -0.25) is 0 Å². The predicted octanol–water partition coefficient (Wildman–Crippen LogP) is 2.49. The molecule has 2 heteroatoms. The summed E-state index contributed by atoms with van der Waals surface area (Å²) in [6.07, 6.45) is 6.51. The average Bonchev–Trinajstić information content (AvgIpc) is 2.07. The standard InChI is InChI=1S/C10H20OS/c1-8(11)10(7-12)9-5-3-2-4-6-9/h8-12H,2-7H2,1H3. The lowest BCUT2D eigenvalue weighted by Crippen LogP contribution is -2.28. The maximum Gasteiger partial charge on any atom is 0.0550 e. The smallest absolute Gasteiger partial charge is 0.0550 e. The minimum atomic E-state index is -0.175. The van der Waals surface area contributed by atoms with Gasteiger partial charge in [0.2, 0.25) is 0 Å². The summed E-state index contributed by atoms with van der Waals surface area (Å²) in [6.45, 7) is 1.90. The van der Waals surface area contributed by atoms with Gasteiger partial charge >= 0.3 is 0 Å². The summed E-state index contributed by atoms with van der Waals surface area (Å²) in [6, 6.07) is 0. The molecular formula is C10H20OS. The molecule has 2 atom stereocenters. The van der Waals surface area contributed by atoms with Crippen molar-refractivity contribution in [2.75, 3.05) is 5.75 Å². The van der Waals surface area contributed by atoms with Crippen molar-refractivity contribution in [1.29, 1.82) is 0 Å². The van der Waals surface area contributed by atoms with Crippen LogP contribution in [0.5, 0.6) is 0 Å². The molecule has 2 unspecified atom stereocenters. The van der Waals surface area contributed by atoms with Crippen LogP contribution in [0.2, 0.25) is 0 Å². The predicted molar refractivity (Wildman–Crippen MR) is 55.6 cm³/mol. The molecule has 0 heterocycles. The Morgan fingerprint density at radius 3 is 2.33 bits per heavy atom. The Balaban J connectivity index is 2.40.